The Morgan fingerprint density at radius 2 is 1.83 bits per heavy atom. The molecule has 5 rings (SSSR count). The van der Waals surface area contributed by atoms with Crippen LogP contribution in [0.25, 0.3) is 10.9 Å². The molecule has 0 saturated heterocycles. The monoisotopic (exact) mass is 492 g/mol. The van der Waals surface area contributed by atoms with Crippen LogP contribution in [0.3, 0.4) is 0 Å². The first kappa shape index (κ1) is 24.1. The molecule has 1 aliphatic rings. The van der Waals surface area contributed by atoms with E-state index in [0.717, 1.165) is 58.3 Å². The zero-order chi connectivity index (χ0) is 25.3. The lowest BCUT2D eigenvalue weighted by Gasteiger charge is -2.39. The van der Waals surface area contributed by atoms with Gasteiger partial charge in [0.05, 0.1) is 24.8 Å². The van der Waals surface area contributed by atoms with E-state index in [9.17, 15) is 18.0 Å². The molecule has 7 heteroatoms. The van der Waals surface area contributed by atoms with Crippen molar-refractivity contribution < 1.29 is 22.7 Å². The zero-order valence-electron chi connectivity index (χ0n) is 19.9. The van der Waals surface area contributed by atoms with E-state index in [4.69, 9.17) is 4.74 Å². The number of hydrogen-bond acceptors (Lipinski definition) is 3. The number of fused-ring (bicyclic) bond motifs is 3. The highest BCUT2D eigenvalue weighted by molar-refractivity contribution is 5.86. The van der Waals surface area contributed by atoms with Crippen molar-refractivity contribution in [1.29, 1.82) is 0 Å². The van der Waals surface area contributed by atoms with Gasteiger partial charge in [-0.05, 0) is 66.3 Å². The molecule has 0 aliphatic carbocycles. The van der Waals surface area contributed by atoms with Crippen LogP contribution in [-0.2, 0) is 23.8 Å². The average molecular weight is 493 g/mol. The number of hydrogen-bond donors (Lipinski definition) is 1. The van der Waals surface area contributed by atoms with Gasteiger partial charge in [-0.25, -0.2) is 0 Å². The second-order valence-electron chi connectivity index (χ2n) is 9.16. The maximum Gasteiger partial charge on any atom is 0.416 e. The Labute approximate surface area is 207 Å². The summed E-state index contributed by atoms with van der Waals surface area (Å²) in [6.07, 6.45) is -1.36. The number of nitrogens with zero attached hydrogens (tertiary/aromatic N) is 1. The molecule has 0 fully saturated rings. The molecule has 3 aromatic carbocycles. The number of methoxy groups -OCH3 is 1. The molecule has 2 heterocycles. The topological polar surface area (TPSA) is 45.3 Å². The highest BCUT2D eigenvalue weighted by Gasteiger charge is 2.35. The number of rotatable bonds is 7. The summed E-state index contributed by atoms with van der Waals surface area (Å²) in [4.78, 5) is 18.1. The molecule has 186 valence electrons. The molecular formula is C29H27F3N2O2. The lowest BCUT2D eigenvalue weighted by molar-refractivity contribution is -0.137. The van der Waals surface area contributed by atoms with Crippen molar-refractivity contribution in [1.82, 2.24) is 9.88 Å². The fraction of sp³-hybridized carbons (Fsp3) is 0.276. The molecule has 0 radical (unpaired) electrons. The van der Waals surface area contributed by atoms with E-state index >= 15 is 0 Å². The molecular weight excluding hydrogens is 465 g/mol. The summed E-state index contributed by atoms with van der Waals surface area (Å²) in [5, 5.41) is 1.10. The molecule has 1 aliphatic heterocycles. The molecule has 2 unspecified atom stereocenters. The van der Waals surface area contributed by atoms with Gasteiger partial charge < -0.3 is 14.5 Å². The minimum Gasteiger partial charge on any atom is -0.497 e. The van der Waals surface area contributed by atoms with E-state index in [1.165, 1.54) is 5.56 Å². The third-order valence-electron chi connectivity index (χ3n) is 7.11. The molecule has 1 aromatic heterocycles. The van der Waals surface area contributed by atoms with Crippen molar-refractivity contribution in [2.24, 2.45) is 0 Å². The highest BCUT2D eigenvalue weighted by atomic mass is 19.4. The Morgan fingerprint density at radius 1 is 1.08 bits per heavy atom. The number of carbonyl (C=O) groups excluding carboxylic acids is 1. The molecule has 1 N–H and O–H groups in total. The largest absolute Gasteiger partial charge is 0.497 e. The molecule has 0 spiro atoms. The van der Waals surface area contributed by atoms with Crippen molar-refractivity contribution in [3.8, 4) is 5.75 Å². The van der Waals surface area contributed by atoms with Crippen LogP contribution in [0.5, 0.6) is 5.75 Å². The third kappa shape index (κ3) is 4.63. The van der Waals surface area contributed by atoms with E-state index in [0.29, 0.717) is 19.4 Å². The summed E-state index contributed by atoms with van der Waals surface area (Å²) in [5.74, 6) is 0.781. The van der Waals surface area contributed by atoms with Gasteiger partial charge in [0, 0.05) is 23.1 Å². The van der Waals surface area contributed by atoms with E-state index < -0.39 is 17.8 Å². The predicted octanol–water partition coefficient (Wildman–Crippen LogP) is 6.67. The molecule has 0 saturated carbocycles. The zero-order valence-corrected chi connectivity index (χ0v) is 19.9. The molecule has 0 amide bonds. The normalized spacial score (nSPS) is 17.1. The molecule has 2 atom stereocenters. The second-order valence-corrected chi connectivity index (χ2v) is 9.16. The van der Waals surface area contributed by atoms with Gasteiger partial charge in [0.15, 0.2) is 0 Å². The standard InChI is InChI=1S/C29H27F3N2O2/c1-36-22-12-13-25-24(17-22)23-15-16-34(27(18-35)20-5-3-2-4-6-20)26(28(23)33-25)14-9-19-7-10-21(11-8-19)29(30,31)32/h2-8,10-13,17-18,26-27,33H,9,14-16H2,1H3. The summed E-state index contributed by atoms with van der Waals surface area (Å²) < 4.78 is 44.4. The maximum absolute atomic E-state index is 13.0. The number of ether oxygens (including phenoxy) is 1. The van der Waals surface area contributed by atoms with Gasteiger partial charge in [0.1, 0.15) is 12.0 Å². The van der Waals surface area contributed by atoms with Gasteiger partial charge in [0.2, 0.25) is 0 Å². The van der Waals surface area contributed by atoms with Crippen LogP contribution in [-0.4, -0.2) is 29.8 Å². The van der Waals surface area contributed by atoms with E-state index in [1.54, 1.807) is 19.2 Å². The Bertz CT molecular complexity index is 1350. The van der Waals surface area contributed by atoms with Crippen molar-refractivity contribution in [3.05, 3.63) is 101 Å². The molecule has 4 nitrogen and oxygen atoms in total. The number of aldehydes is 1. The van der Waals surface area contributed by atoms with Crippen LogP contribution in [0.15, 0.2) is 72.8 Å². The Hall–Kier alpha value is -3.58. The van der Waals surface area contributed by atoms with Crippen LogP contribution in [0.4, 0.5) is 13.2 Å². The number of aromatic nitrogens is 1. The Kier molecular flexibility index (Phi) is 6.58. The molecule has 36 heavy (non-hydrogen) atoms. The van der Waals surface area contributed by atoms with E-state index in [1.807, 2.05) is 48.5 Å². The summed E-state index contributed by atoms with van der Waals surface area (Å²) in [7, 11) is 1.64. The molecule has 4 aromatic rings. The number of benzene rings is 3. The van der Waals surface area contributed by atoms with Gasteiger partial charge in [0.25, 0.3) is 0 Å². The predicted molar refractivity (Wildman–Crippen MR) is 133 cm³/mol. The SMILES string of the molecule is COc1ccc2[nH]c3c(c2c1)CCN(C(C=O)c1ccccc1)C3CCc1ccc(C(F)(F)F)cc1. The van der Waals surface area contributed by atoms with Gasteiger partial charge in [-0.3, -0.25) is 4.90 Å². The van der Waals surface area contributed by atoms with Gasteiger partial charge in [-0.15, -0.1) is 0 Å². The Balaban J connectivity index is 1.51. The number of H-pyrrole nitrogens is 1. The average Bonchev–Trinajstić information content (AvgIpc) is 3.26. The quantitative estimate of drug-likeness (QED) is 0.293. The van der Waals surface area contributed by atoms with E-state index in [-0.39, 0.29) is 6.04 Å². The first-order valence-corrected chi connectivity index (χ1v) is 12.0. The minimum atomic E-state index is -4.36. The van der Waals surface area contributed by atoms with Crippen LogP contribution in [0.1, 0.15) is 46.5 Å². The number of nitrogens with one attached hydrogen (secondary N) is 1. The number of aromatic amines is 1. The summed E-state index contributed by atoms with van der Waals surface area (Å²) in [5.41, 5.74) is 4.37. The maximum atomic E-state index is 13.0. The second kappa shape index (κ2) is 9.82. The lowest BCUT2D eigenvalue weighted by atomic mass is 9.90. The van der Waals surface area contributed by atoms with Crippen molar-refractivity contribution >= 4 is 17.2 Å². The fourth-order valence-electron chi connectivity index (χ4n) is 5.30. The van der Waals surface area contributed by atoms with Crippen LogP contribution in [0.2, 0.25) is 0 Å². The number of aryl methyl sites for hydroxylation is 1. The number of carbonyl (C=O) groups is 1. The van der Waals surface area contributed by atoms with Crippen molar-refractivity contribution in [2.45, 2.75) is 37.5 Å². The minimum absolute atomic E-state index is 0.107. The highest BCUT2D eigenvalue weighted by Crippen LogP contribution is 2.41. The first-order chi connectivity index (χ1) is 17.4. The molecule has 0 bridgehead atoms. The van der Waals surface area contributed by atoms with Gasteiger partial charge in [-0.1, -0.05) is 42.5 Å². The number of halogens is 3. The summed E-state index contributed by atoms with van der Waals surface area (Å²) >= 11 is 0. The van der Waals surface area contributed by atoms with E-state index in [2.05, 4.69) is 9.88 Å². The summed E-state index contributed by atoms with van der Waals surface area (Å²) in [6, 6.07) is 20.4. The smallest absolute Gasteiger partial charge is 0.416 e. The van der Waals surface area contributed by atoms with Crippen LogP contribution < -0.4 is 4.74 Å². The Morgan fingerprint density at radius 3 is 2.50 bits per heavy atom. The lowest BCUT2D eigenvalue weighted by Crippen LogP contribution is -2.39. The van der Waals surface area contributed by atoms with Crippen molar-refractivity contribution in [3.63, 3.8) is 0 Å². The number of alkyl halides is 3. The fourth-order valence-corrected chi connectivity index (χ4v) is 5.30. The van der Waals surface area contributed by atoms with Crippen LogP contribution >= 0.6 is 0 Å². The van der Waals surface area contributed by atoms with Crippen molar-refractivity contribution in [2.75, 3.05) is 13.7 Å². The first-order valence-electron chi connectivity index (χ1n) is 12.0. The van der Waals surface area contributed by atoms with Gasteiger partial charge >= 0.3 is 6.18 Å². The third-order valence-corrected chi connectivity index (χ3v) is 7.11. The van der Waals surface area contributed by atoms with Gasteiger partial charge in [-0.2, -0.15) is 13.2 Å². The summed E-state index contributed by atoms with van der Waals surface area (Å²) in [6.45, 7) is 0.688. The van der Waals surface area contributed by atoms with Crippen LogP contribution in [0, 0.1) is 0 Å².